The molecule has 3 heterocycles. The maximum absolute atomic E-state index is 12.5. The summed E-state index contributed by atoms with van der Waals surface area (Å²) in [6.07, 6.45) is 3.32. The highest BCUT2D eigenvalue weighted by Crippen LogP contribution is 2.31. The van der Waals surface area contributed by atoms with Crippen molar-refractivity contribution in [3.05, 3.63) is 48.0 Å². The van der Waals surface area contributed by atoms with Gasteiger partial charge in [-0.2, -0.15) is 0 Å². The number of benzene rings is 1. The van der Waals surface area contributed by atoms with Crippen LogP contribution in [0.5, 0.6) is 0 Å². The lowest BCUT2D eigenvalue weighted by atomic mass is 10.1. The molecule has 1 aromatic carbocycles. The van der Waals surface area contributed by atoms with Gasteiger partial charge in [-0.3, -0.25) is 9.97 Å². The molecule has 4 rings (SSSR count). The van der Waals surface area contributed by atoms with Crippen LogP contribution in [0.3, 0.4) is 0 Å². The zero-order valence-electron chi connectivity index (χ0n) is 15.3. The molecule has 0 aliphatic rings. The summed E-state index contributed by atoms with van der Waals surface area (Å²) in [5, 5.41) is 1.36. The van der Waals surface area contributed by atoms with Crippen molar-refractivity contribution in [1.29, 1.82) is 0 Å². The van der Waals surface area contributed by atoms with E-state index < -0.39 is 11.9 Å². The molecule has 0 saturated heterocycles. The SMILES string of the molecule is CCOC(=O)c1nc2c3cccnc3c3ncccc3c2nc1C(=O)OCC. The standard InChI is InChI=1S/C20H16N4O4/c1-3-27-19(25)17-18(20(26)28-4-2)24-16-12-8-6-10-22-14(12)13-11(15(16)23-17)7-5-9-21-13/h5-10H,3-4H2,1-2H3. The number of hydrogen-bond acceptors (Lipinski definition) is 8. The second-order valence-electron chi connectivity index (χ2n) is 5.86. The molecule has 8 nitrogen and oxygen atoms in total. The summed E-state index contributed by atoms with van der Waals surface area (Å²) in [6, 6.07) is 7.18. The summed E-state index contributed by atoms with van der Waals surface area (Å²) in [4.78, 5) is 42.7. The van der Waals surface area contributed by atoms with Crippen LogP contribution in [0.1, 0.15) is 34.8 Å². The van der Waals surface area contributed by atoms with Crippen molar-refractivity contribution in [3.8, 4) is 0 Å². The third kappa shape index (κ3) is 2.79. The number of nitrogens with zero attached hydrogens (tertiary/aromatic N) is 4. The van der Waals surface area contributed by atoms with Gasteiger partial charge in [0.1, 0.15) is 0 Å². The fourth-order valence-electron chi connectivity index (χ4n) is 3.06. The van der Waals surface area contributed by atoms with Gasteiger partial charge in [-0.25, -0.2) is 19.6 Å². The molecule has 8 heteroatoms. The van der Waals surface area contributed by atoms with E-state index in [1.807, 2.05) is 12.1 Å². The third-order valence-corrected chi connectivity index (χ3v) is 4.18. The summed E-state index contributed by atoms with van der Waals surface area (Å²) in [5.41, 5.74) is 1.80. The quantitative estimate of drug-likeness (QED) is 0.395. The van der Waals surface area contributed by atoms with Crippen molar-refractivity contribution in [2.75, 3.05) is 13.2 Å². The Morgan fingerprint density at radius 2 is 1.18 bits per heavy atom. The molecule has 0 aliphatic carbocycles. The molecule has 0 aliphatic heterocycles. The number of esters is 2. The average Bonchev–Trinajstić information content (AvgIpc) is 2.73. The fourth-order valence-corrected chi connectivity index (χ4v) is 3.06. The van der Waals surface area contributed by atoms with Gasteiger partial charge in [0.15, 0.2) is 11.4 Å². The van der Waals surface area contributed by atoms with Gasteiger partial charge in [0.2, 0.25) is 0 Å². The van der Waals surface area contributed by atoms with Gasteiger partial charge in [0.05, 0.1) is 35.3 Å². The van der Waals surface area contributed by atoms with Crippen molar-refractivity contribution >= 4 is 44.8 Å². The summed E-state index contributed by atoms with van der Waals surface area (Å²) < 4.78 is 10.1. The number of carbonyl (C=O) groups excluding carboxylic acids is 2. The first-order chi connectivity index (χ1) is 13.7. The molecule has 3 aromatic heterocycles. The Balaban J connectivity index is 2.16. The van der Waals surface area contributed by atoms with Gasteiger partial charge in [-0.15, -0.1) is 0 Å². The Labute approximate surface area is 159 Å². The summed E-state index contributed by atoms with van der Waals surface area (Å²) in [6.45, 7) is 3.64. The number of ether oxygens (including phenoxy) is 2. The number of hydrogen-bond donors (Lipinski definition) is 0. The number of fused-ring (bicyclic) bond motifs is 6. The van der Waals surface area contributed by atoms with Crippen molar-refractivity contribution in [1.82, 2.24) is 19.9 Å². The van der Waals surface area contributed by atoms with Crippen LogP contribution >= 0.6 is 0 Å². The Morgan fingerprint density at radius 3 is 1.57 bits per heavy atom. The Bertz CT molecular complexity index is 1140. The average molecular weight is 376 g/mol. The van der Waals surface area contributed by atoms with Gasteiger partial charge in [0.25, 0.3) is 0 Å². The van der Waals surface area contributed by atoms with E-state index in [-0.39, 0.29) is 24.6 Å². The molecule has 0 fully saturated rings. The summed E-state index contributed by atoms with van der Waals surface area (Å²) in [7, 11) is 0. The molecule has 0 radical (unpaired) electrons. The first-order valence-corrected chi connectivity index (χ1v) is 8.83. The molecule has 140 valence electrons. The smallest absolute Gasteiger partial charge is 0.359 e. The van der Waals surface area contributed by atoms with E-state index in [1.54, 1.807) is 38.4 Å². The van der Waals surface area contributed by atoms with Crippen LogP contribution in [-0.4, -0.2) is 45.1 Å². The summed E-state index contributed by atoms with van der Waals surface area (Å²) >= 11 is 0. The number of rotatable bonds is 4. The van der Waals surface area contributed by atoms with E-state index in [0.29, 0.717) is 32.8 Å². The van der Waals surface area contributed by atoms with Crippen LogP contribution in [0.15, 0.2) is 36.7 Å². The van der Waals surface area contributed by atoms with Crippen LogP contribution < -0.4 is 0 Å². The minimum Gasteiger partial charge on any atom is -0.461 e. The number of carbonyl (C=O) groups is 2. The maximum atomic E-state index is 12.5. The van der Waals surface area contributed by atoms with Crippen molar-refractivity contribution in [3.63, 3.8) is 0 Å². The van der Waals surface area contributed by atoms with E-state index in [4.69, 9.17) is 9.47 Å². The van der Waals surface area contributed by atoms with Crippen LogP contribution in [0, 0.1) is 0 Å². The predicted molar refractivity (Wildman–Crippen MR) is 102 cm³/mol. The van der Waals surface area contributed by atoms with Crippen LogP contribution in [0.25, 0.3) is 32.8 Å². The van der Waals surface area contributed by atoms with Gasteiger partial charge in [0, 0.05) is 23.2 Å². The second kappa shape index (κ2) is 7.15. The van der Waals surface area contributed by atoms with Gasteiger partial charge in [-0.1, -0.05) is 0 Å². The largest absolute Gasteiger partial charge is 0.461 e. The molecule has 0 saturated carbocycles. The molecule has 0 bridgehead atoms. The minimum atomic E-state index is -0.733. The van der Waals surface area contributed by atoms with Crippen molar-refractivity contribution < 1.29 is 19.1 Å². The zero-order valence-corrected chi connectivity index (χ0v) is 15.3. The van der Waals surface area contributed by atoms with Gasteiger partial charge < -0.3 is 9.47 Å². The highest BCUT2D eigenvalue weighted by Gasteiger charge is 2.26. The first-order valence-electron chi connectivity index (χ1n) is 8.83. The van der Waals surface area contributed by atoms with Crippen LogP contribution in [0.4, 0.5) is 0 Å². The molecule has 0 N–H and O–H groups in total. The second-order valence-corrected chi connectivity index (χ2v) is 5.86. The molecular formula is C20H16N4O4. The lowest BCUT2D eigenvalue weighted by Crippen LogP contribution is -2.18. The van der Waals surface area contributed by atoms with E-state index in [1.165, 1.54) is 0 Å². The topological polar surface area (TPSA) is 104 Å². The van der Waals surface area contributed by atoms with E-state index >= 15 is 0 Å². The lowest BCUT2D eigenvalue weighted by molar-refractivity contribution is 0.0468. The molecule has 0 spiro atoms. The summed E-state index contributed by atoms with van der Waals surface area (Å²) in [5.74, 6) is -1.47. The normalized spacial score (nSPS) is 11.1. The molecule has 28 heavy (non-hydrogen) atoms. The fraction of sp³-hybridized carbons (Fsp3) is 0.200. The van der Waals surface area contributed by atoms with Gasteiger partial charge >= 0.3 is 11.9 Å². The molecule has 0 atom stereocenters. The Kier molecular flexibility index (Phi) is 4.52. The third-order valence-electron chi connectivity index (χ3n) is 4.18. The predicted octanol–water partition coefficient (Wildman–Crippen LogP) is 3.08. The van der Waals surface area contributed by atoms with Crippen LogP contribution in [0.2, 0.25) is 0 Å². The first kappa shape index (κ1) is 17.7. The van der Waals surface area contributed by atoms with E-state index in [2.05, 4.69) is 19.9 Å². The Morgan fingerprint density at radius 1 is 0.750 bits per heavy atom. The minimum absolute atomic E-state index is 0.144. The van der Waals surface area contributed by atoms with Crippen molar-refractivity contribution in [2.24, 2.45) is 0 Å². The molecular weight excluding hydrogens is 360 g/mol. The van der Waals surface area contributed by atoms with Crippen molar-refractivity contribution in [2.45, 2.75) is 13.8 Å². The molecule has 0 amide bonds. The maximum Gasteiger partial charge on any atom is 0.359 e. The number of pyridine rings is 2. The molecule has 4 aromatic rings. The van der Waals surface area contributed by atoms with E-state index in [0.717, 1.165) is 0 Å². The number of aromatic nitrogens is 4. The van der Waals surface area contributed by atoms with Gasteiger partial charge in [-0.05, 0) is 38.1 Å². The monoisotopic (exact) mass is 376 g/mol. The Hall–Kier alpha value is -3.68. The lowest BCUT2D eigenvalue weighted by Gasteiger charge is -2.11. The van der Waals surface area contributed by atoms with E-state index in [9.17, 15) is 9.59 Å². The highest BCUT2D eigenvalue weighted by atomic mass is 16.5. The molecule has 0 unspecified atom stereocenters. The van der Waals surface area contributed by atoms with Crippen LogP contribution in [-0.2, 0) is 9.47 Å². The highest BCUT2D eigenvalue weighted by molar-refractivity contribution is 6.21. The zero-order chi connectivity index (χ0) is 19.7.